The van der Waals surface area contributed by atoms with Gasteiger partial charge < -0.3 is 10.1 Å². The van der Waals surface area contributed by atoms with Gasteiger partial charge in [0.2, 0.25) is 0 Å². The number of carbonyl (C=O) groups excluding carboxylic acids is 3. The monoisotopic (exact) mass is 395 g/mol. The molecular weight excluding hydrogens is 370 g/mol. The van der Waals surface area contributed by atoms with Crippen LogP contribution in [0.4, 0.5) is 5.69 Å². The summed E-state index contributed by atoms with van der Waals surface area (Å²) < 4.78 is 4.88. The zero-order chi connectivity index (χ0) is 21.4. The Morgan fingerprint density at radius 1 is 0.966 bits per heavy atom. The summed E-state index contributed by atoms with van der Waals surface area (Å²) in [4.78, 5) is 35.4. The second kappa shape index (κ2) is 9.64. The Balaban J connectivity index is 1.88. The highest BCUT2D eigenvalue weighted by atomic mass is 16.5. The van der Waals surface area contributed by atoms with Crippen molar-refractivity contribution in [3.05, 3.63) is 65.2 Å². The molecule has 2 aromatic rings. The van der Waals surface area contributed by atoms with Gasteiger partial charge in [0.05, 0.1) is 18.4 Å². The van der Waals surface area contributed by atoms with Crippen LogP contribution >= 0.6 is 0 Å². The number of hydrazone groups is 1. The molecule has 0 saturated heterocycles. The van der Waals surface area contributed by atoms with Gasteiger partial charge in [-0.2, -0.15) is 5.10 Å². The highest BCUT2D eigenvalue weighted by Gasteiger charge is 2.14. The number of esters is 1. The predicted molar refractivity (Wildman–Crippen MR) is 112 cm³/mol. The largest absolute Gasteiger partial charge is 0.462 e. The molecule has 0 aliphatic carbocycles. The van der Waals surface area contributed by atoms with E-state index in [4.69, 9.17) is 4.74 Å². The van der Waals surface area contributed by atoms with Crippen LogP contribution in [0.15, 0.2) is 53.6 Å². The zero-order valence-corrected chi connectivity index (χ0v) is 17.0. The van der Waals surface area contributed by atoms with Crippen molar-refractivity contribution in [3.8, 4) is 0 Å². The summed E-state index contributed by atoms with van der Waals surface area (Å²) in [6.07, 6.45) is 1.46. The van der Waals surface area contributed by atoms with E-state index in [9.17, 15) is 14.4 Å². The van der Waals surface area contributed by atoms with E-state index in [1.807, 2.05) is 24.3 Å². The van der Waals surface area contributed by atoms with Crippen LogP contribution in [0.5, 0.6) is 0 Å². The van der Waals surface area contributed by atoms with Gasteiger partial charge in [-0.1, -0.05) is 45.0 Å². The smallest absolute Gasteiger partial charge is 0.338 e. The molecule has 0 saturated carbocycles. The van der Waals surface area contributed by atoms with Gasteiger partial charge in [0.25, 0.3) is 0 Å². The maximum Gasteiger partial charge on any atom is 0.338 e. The third kappa shape index (κ3) is 6.57. The molecule has 2 amide bonds. The molecule has 0 aliphatic rings. The molecular formula is C22H25N3O4. The average molecular weight is 395 g/mol. The number of anilines is 1. The zero-order valence-electron chi connectivity index (χ0n) is 17.0. The minimum absolute atomic E-state index is 0.0521. The van der Waals surface area contributed by atoms with Crippen LogP contribution in [0, 0.1) is 0 Å². The van der Waals surface area contributed by atoms with Gasteiger partial charge in [-0.3, -0.25) is 9.59 Å². The van der Waals surface area contributed by atoms with Crippen molar-refractivity contribution in [3.63, 3.8) is 0 Å². The summed E-state index contributed by atoms with van der Waals surface area (Å²) in [5, 5.41) is 6.24. The summed E-state index contributed by atoms with van der Waals surface area (Å²) >= 11 is 0. The molecule has 0 atom stereocenters. The Kier molecular flexibility index (Phi) is 7.25. The van der Waals surface area contributed by atoms with Crippen molar-refractivity contribution in [2.75, 3.05) is 11.9 Å². The summed E-state index contributed by atoms with van der Waals surface area (Å²) in [7, 11) is 0. The first-order chi connectivity index (χ1) is 13.7. The highest BCUT2D eigenvalue weighted by molar-refractivity contribution is 6.39. The van der Waals surface area contributed by atoms with Crippen molar-refractivity contribution in [2.24, 2.45) is 5.10 Å². The number of carbonyl (C=O) groups is 3. The quantitative estimate of drug-likeness (QED) is 0.351. The molecule has 0 aliphatic heterocycles. The Hall–Kier alpha value is -3.48. The summed E-state index contributed by atoms with van der Waals surface area (Å²) in [5.41, 5.74) is 4.96. The second-order valence-electron chi connectivity index (χ2n) is 7.32. The minimum atomic E-state index is -0.901. The Morgan fingerprint density at radius 2 is 1.59 bits per heavy atom. The van der Waals surface area contributed by atoms with Crippen LogP contribution in [-0.4, -0.2) is 30.6 Å². The van der Waals surface area contributed by atoms with Crippen LogP contribution in [0.3, 0.4) is 0 Å². The number of ether oxygens (including phenoxy) is 1. The first kappa shape index (κ1) is 21.8. The standard InChI is InChI=1S/C22H25N3O4/c1-5-29-21(28)16-8-12-18(13-9-16)24-19(26)20(27)25-23-14-15-6-10-17(11-7-15)22(2,3)4/h6-14H,5H2,1-4H3,(H,24,26)(H,25,27)/b23-14-. The van der Waals surface area contributed by atoms with E-state index in [1.54, 1.807) is 6.92 Å². The van der Waals surface area contributed by atoms with Crippen molar-refractivity contribution in [1.29, 1.82) is 0 Å². The van der Waals surface area contributed by atoms with Crippen molar-refractivity contribution >= 4 is 29.7 Å². The van der Waals surface area contributed by atoms with Crippen molar-refractivity contribution in [2.45, 2.75) is 33.1 Å². The molecule has 7 heteroatoms. The number of nitrogens with zero attached hydrogens (tertiary/aromatic N) is 1. The lowest BCUT2D eigenvalue weighted by Gasteiger charge is -2.18. The molecule has 0 spiro atoms. The van der Waals surface area contributed by atoms with E-state index in [-0.39, 0.29) is 12.0 Å². The van der Waals surface area contributed by atoms with E-state index in [0.717, 1.165) is 5.56 Å². The average Bonchev–Trinajstić information content (AvgIpc) is 2.68. The molecule has 0 radical (unpaired) electrons. The van der Waals surface area contributed by atoms with E-state index in [2.05, 4.69) is 36.6 Å². The van der Waals surface area contributed by atoms with E-state index in [0.29, 0.717) is 11.3 Å². The lowest BCUT2D eigenvalue weighted by molar-refractivity contribution is -0.136. The molecule has 0 unspecified atom stereocenters. The van der Waals surface area contributed by atoms with Crippen molar-refractivity contribution in [1.82, 2.24) is 5.43 Å². The van der Waals surface area contributed by atoms with Gasteiger partial charge in [0.15, 0.2) is 0 Å². The van der Waals surface area contributed by atoms with Gasteiger partial charge in [0.1, 0.15) is 0 Å². The van der Waals surface area contributed by atoms with Crippen molar-refractivity contribution < 1.29 is 19.1 Å². The minimum Gasteiger partial charge on any atom is -0.462 e. The fourth-order valence-electron chi connectivity index (χ4n) is 2.38. The maximum absolute atomic E-state index is 11.9. The molecule has 0 fully saturated rings. The van der Waals surface area contributed by atoms with Crippen LogP contribution in [-0.2, 0) is 19.7 Å². The lowest BCUT2D eigenvalue weighted by Crippen LogP contribution is -2.32. The molecule has 7 nitrogen and oxygen atoms in total. The SMILES string of the molecule is CCOC(=O)c1ccc(NC(=O)C(=O)N/N=C\c2ccc(C(C)(C)C)cc2)cc1. The first-order valence-corrected chi connectivity index (χ1v) is 9.23. The maximum atomic E-state index is 11.9. The van der Waals surface area contributed by atoms with Crippen LogP contribution < -0.4 is 10.7 Å². The third-order valence-corrected chi connectivity index (χ3v) is 4.02. The van der Waals surface area contributed by atoms with Crippen LogP contribution in [0.25, 0.3) is 0 Å². The molecule has 152 valence electrons. The lowest BCUT2D eigenvalue weighted by atomic mass is 9.87. The summed E-state index contributed by atoms with van der Waals surface area (Å²) in [6.45, 7) is 8.37. The Labute approximate surface area is 170 Å². The molecule has 29 heavy (non-hydrogen) atoms. The van der Waals surface area contributed by atoms with Gasteiger partial charge in [0, 0.05) is 5.69 Å². The molecule has 2 N–H and O–H groups in total. The molecule has 0 aromatic heterocycles. The molecule has 2 aromatic carbocycles. The molecule has 0 bridgehead atoms. The Morgan fingerprint density at radius 3 is 2.14 bits per heavy atom. The van der Waals surface area contributed by atoms with Gasteiger partial charge in [-0.15, -0.1) is 0 Å². The fraction of sp³-hybridized carbons (Fsp3) is 0.273. The van der Waals surface area contributed by atoms with E-state index >= 15 is 0 Å². The Bertz CT molecular complexity index is 895. The van der Waals surface area contributed by atoms with E-state index in [1.165, 1.54) is 36.0 Å². The van der Waals surface area contributed by atoms with Crippen LogP contribution in [0.1, 0.15) is 49.2 Å². The number of benzene rings is 2. The van der Waals surface area contributed by atoms with E-state index < -0.39 is 17.8 Å². The van der Waals surface area contributed by atoms with Crippen LogP contribution in [0.2, 0.25) is 0 Å². The number of amides is 2. The number of nitrogens with one attached hydrogen (secondary N) is 2. The first-order valence-electron chi connectivity index (χ1n) is 9.23. The molecule has 0 heterocycles. The normalized spacial score (nSPS) is 11.2. The predicted octanol–water partition coefficient (Wildman–Crippen LogP) is 3.25. The second-order valence-corrected chi connectivity index (χ2v) is 7.32. The number of hydrogen-bond donors (Lipinski definition) is 2. The number of hydrogen-bond acceptors (Lipinski definition) is 5. The molecule has 2 rings (SSSR count). The van der Waals surface area contributed by atoms with Gasteiger partial charge in [-0.25, -0.2) is 10.2 Å². The summed E-state index contributed by atoms with van der Waals surface area (Å²) in [6, 6.07) is 13.8. The summed E-state index contributed by atoms with van der Waals surface area (Å²) in [5.74, 6) is -2.22. The van der Waals surface area contributed by atoms with Gasteiger partial charge in [-0.05, 0) is 47.7 Å². The van der Waals surface area contributed by atoms with Gasteiger partial charge >= 0.3 is 17.8 Å². The third-order valence-electron chi connectivity index (χ3n) is 4.02. The number of rotatable bonds is 5. The topological polar surface area (TPSA) is 96.9 Å². The highest BCUT2D eigenvalue weighted by Crippen LogP contribution is 2.21. The fourth-order valence-corrected chi connectivity index (χ4v) is 2.38.